The molecule has 0 saturated carbocycles. The Bertz CT molecular complexity index is 1280. The van der Waals surface area contributed by atoms with Gasteiger partial charge in [0.2, 0.25) is 5.88 Å². The molecule has 2 saturated heterocycles. The number of aromatic nitrogens is 3. The van der Waals surface area contributed by atoms with Crippen molar-refractivity contribution in [2.45, 2.75) is 44.3 Å². The second-order valence-corrected chi connectivity index (χ2v) is 9.25. The lowest BCUT2D eigenvalue weighted by Gasteiger charge is -2.53. The number of benzene rings is 1. The molecular weight excluding hydrogens is 475 g/mol. The van der Waals surface area contributed by atoms with Crippen molar-refractivity contribution < 1.29 is 27.4 Å². The lowest BCUT2D eigenvalue weighted by Crippen LogP contribution is -2.64. The third kappa shape index (κ3) is 4.09. The van der Waals surface area contributed by atoms with E-state index in [-0.39, 0.29) is 17.6 Å². The van der Waals surface area contributed by atoms with Gasteiger partial charge in [0, 0.05) is 18.1 Å². The fourth-order valence-corrected chi connectivity index (χ4v) is 5.05. The van der Waals surface area contributed by atoms with E-state index >= 15 is 4.39 Å². The summed E-state index contributed by atoms with van der Waals surface area (Å²) in [5.74, 6) is -3.60. The minimum Gasteiger partial charge on any atom is -0.480 e. The van der Waals surface area contributed by atoms with Crippen molar-refractivity contribution >= 4 is 22.4 Å². The van der Waals surface area contributed by atoms with E-state index in [1.807, 2.05) is 6.07 Å². The Hall–Kier alpha value is -3.18. The van der Waals surface area contributed by atoms with Gasteiger partial charge >= 0.3 is 0 Å². The highest BCUT2D eigenvalue weighted by molar-refractivity contribution is 5.94. The Morgan fingerprint density at radius 2 is 1.97 bits per heavy atom. The van der Waals surface area contributed by atoms with Crippen LogP contribution in [-0.2, 0) is 15.4 Å². The van der Waals surface area contributed by atoms with Crippen molar-refractivity contribution in [3.8, 4) is 5.88 Å². The van der Waals surface area contributed by atoms with Crippen LogP contribution in [0.1, 0.15) is 36.2 Å². The number of nitrogens with one attached hydrogen (secondary N) is 1. The van der Waals surface area contributed by atoms with Crippen molar-refractivity contribution in [2.24, 2.45) is 0 Å². The summed E-state index contributed by atoms with van der Waals surface area (Å²) in [6.07, 6.45) is 1.04. The summed E-state index contributed by atoms with van der Waals surface area (Å²) in [6, 6.07) is 5.69. The maximum Gasteiger partial charge on any atom is 0.298 e. The summed E-state index contributed by atoms with van der Waals surface area (Å²) < 4.78 is 59.9. The summed E-state index contributed by atoms with van der Waals surface area (Å²) in [7, 11) is 2.72. The summed E-state index contributed by atoms with van der Waals surface area (Å²) >= 11 is 0. The van der Waals surface area contributed by atoms with Crippen LogP contribution in [0.3, 0.4) is 0 Å². The van der Waals surface area contributed by atoms with E-state index in [0.717, 1.165) is 25.3 Å². The van der Waals surface area contributed by atoms with E-state index in [1.54, 1.807) is 21.0 Å². The molecule has 2 fully saturated rings. The van der Waals surface area contributed by atoms with Crippen LogP contribution in [-0.4, -0.2) is 61.3 Å². The Morgan fingerprint density at radius 3 is 2.64 bits per heavy atom. The molecule has 2 unspecified atom stereocenters. The average Bonchev–Trinajstić information content (AvgIpc) is 2.85. The molecule has 5 rings (SSSR count). The van der Waals surface area contributed by atoms with E-state index in [4.69, 9.17) is 14.5 Å². The number of halogens is 3. The number of rotatable bonds is 8. The molecule has 36 heavy (non-hydrogen) atoms. The van der Waals surface area contributed by atoms with Crippen molar-refractivity contribution in [3.05, 3.63) is 46.9 Å². The minimum atomic E-state index is -3.46. The number of anilines is 2. The van der Waals surface area contributed by atoms with Gasteiger partial charge in [0.1, 0.15) is 23.6 Å². The number of nitrogens with zero attached hydrogens (tertiary/aromatic N) is 4. The number of ether oxygens (including phenoxy) is 3. The molecule has 8 nitrogen and oxygen atoms in total. The van der Waals surface area contributed by atoms with Crippen molar-refractivity contribution in [1.29, 1.82) is 0 Å². The van der Waals surface area contributed by atoms with Gasteiger partial charge in [0.15, 0.2) is 5.82 Å². The number of fused-ring (bicyclic) bond motifs is 3. The molecule has 2 aromatic heterocycles. The van der Waals surface area contributed by atoms with Crippen LogP contribution in [0.4, 0.5) is 24.7 Å². The third-order valence-electron chi connectivity index (χ3n) is 6.86. The van der Waals surface area contributed by atoms with Gasteiger partial charge in [-0.05, 0) is 32.4 Å². The number of methoxy groups -OCH3 is 2. The molecule has 11 heteroatoms. The highest BCUT2D eigenvalue weighted by Crippen LogP contribution is 2.43. The summed E-state index contributed by atoms with van der Waals surface area (Å²) in [5.41, 5.74) is 1.38. The maximum atomic E-state index is 15.2. The zero-order valence-corrected chi connectivity index (χ0v) is 20.5. The molecule has 3 aromatic rings. The number of hydrogen-bond acceptors (Lipinski definition) is 8. The van der Waals surface area contributed by atoms with Gasteiger partial charge in [-0.3, -0.25) is 0 Å². The third-order valence-corrected chi connectivity index (χ3v) is 6.86. The molecule has 192 valence electrons. The van der Waals surface area contributed by atoms with Crippen LogP contribution in [0, 0.1) is 12.7 Å². The molecule has 0 aliphatic carbocycles. The van der Waals surface area contributed by atoms with E-state index in [2.05, 4.69) is 25.2 Å². The average molecular weight is 504 g/mol. The monoisotopic (exact) mass is 503 g/mol. The number of alkyl halides is 2. The van der Waals surface area contributed by atoms with Crippen LogP contribution in [0.2, 0.25) is 0 Å². The van der Waals surface area contributed by atoms with Crippen LogP contribution < -0.4 is 15.0 Å². The van der Waals surface area contributed by atoms with Gasteiger partial charge in [-0.25, -0.2) is 9.37 Å². The van der Waals surface area contributed by atoms with Crippen LogP contribution in [0.5, 0.6) is 5.88 Å². The molecule has 2 aliphatic rings. The number of morpholine rings is 1. The SMILES string of the molecule is COCC(F)(F)c1cccc([C@@H](C)Nc2nnc(C)c3nc(OC)c(N4C5COCC4C5)cc23)c1F. The second-order valence-electron chi connectivity index (χ2n) is 9.25. The largest absolute Gasteiger partial charge is 0.480 e. The second kappa shape index (κ2) is 9.36. The minimum absolute atomic E-state index is 0.0786. The van der Waals surface area contributed by atoms with Gasteiger partial charge in [-0.1, -0.05) is 12.1 Å². The molecule has 0 spiro atoms. The number of pyridine rings is 1. The van der Waals surface area contributed by atoms with Crippen LogP contribution in [0.15, 0.2) is 24.3 Å². The van der Waals surface area contributed by atoms with Gasteiger partial charge in [0.25, 0.3) is 5.92 Å². The number of aryl methyl sites for hydroxylation is 1. The zero-order chi connectivity index (χ0) is 25.6. The van der Waals surface area contributed by atoms with Crippen LogP contribution in [0.25, 0.3) is 10.9 Å². The highest BCUT2D eigenvalue weighted by Gasteiger charge is 2.44. The van der Waals surface area contributed by atoms with E-state index in [0.29, 0.717) is 41.5 Å². The fourth-order valence-electron chi connectivity index (χ4n) is 5.05. The Kier molecular flexibility index (Phi) is 6.37. The van der Waals surface area contributed by atoms with Gasteiger partial charge < -0.3 is 24.4 Å². The first-order valence-corrected chi connectivity index (χ1v) is 11.8. The predicted molar refractivity (Wildman–Crippen MR) is 128 cm³/mol. The van der Waals surface area contributed by atoms with Gasteiger partial charge in [0.05, 0.1) is 49.7 Å². The molecular formula is C25H28F3N5O3. The molecule has 3 atom stereocenters. The molecule has 4 heterocycles. The van der Waals surface area contributed by atoms with Crippen molar-refractivity contribution in [2.75, 3.05) is 44.3 Å². The Morgan fingerprint density at radius 1 is 1.22 bits per heavy atom. The molecule has 0 radical (unpaired) electrons. The summed E-state index contributed by atoms with van der Waals surface area (Å²) in [4.78, 5) is 6.96. The highest BCUT2D eigenvalue weighted by atomic mass is 19.3. The standard InChI is InChI=1S/C25H28F3N5O3/c1-13(17-6-5-7-19(21(17)26)25(27,28)12-34-3)29-23-18-9-20(33-15-8-16(33)11-36-10-15)24(35-4)30-22(18)14(2)31-32-23/h5-7,9,13,15-16H,8,10-12H2,1-4H3,(H,29,32)/t13-,15?,16?/m1/s1. The topological polar surface area (TPSA) is 81.6 Å². The van der Waals surface area contributed by atoms with Crippen molar-refractivity contribution in [1.82, 2.24) is 15.2 Å². The van der Waals surface area contributed by atoms with Crippen molar-refractivity contribution in [3.63, 3.8) is 0 Å². The van der Waals surface area contributed by atoms with Crippen LogP contribution >= 0.6 is 0 Å². The predicted octanol–water partition coefficient (Wildman–Crippen LogP) is 4.37. The Labute approximate surface area is 206 Å². The molecule has 1 N–H and O–H groups in total. The lowest BCUT2D eigenvalue weighted by molar-refractivity contribution is -0.0722. The fraction of sp³-hybridized carbons (Fsp3) is 0.480. The summed E-state index contributed by atoms with van der Waals surface area (Å²) in [5, 5.41) is 12.3. The summed E-state index contributed by atoms with van der Waals surface area (Å²) in [6.45, 7) is 3.83. The molecule has 1 aromatic carbocycles. The first kappa shape index (κ1) is 24.5. The maximum absolute atomic E-state index is 15.2. The normalized spacial score (nSPS) is 20.2. The Balaban J connectivity index is 1.53. The van der Waals surface area contributed by atoms with E-state index in [1.165, 1.54) is 12.1 Å². The van der Waals surface area contributed by atoms with Gasteiger partial charge in [-0.15, -0.1) is 5.10 Å². The van der Waals surface area contributed by atoms with E-state index in [9.17, 15) is 8.78 Å². The molecule has 0 amide bonds. The molecule has 2 bridgehead atoms. The molecule has 2 aliphatic heterocycles. The first-order chi connectivity index (χ1) is 17.2. The number of hydrogen-bond donors (Lipinski definition) is 1. The smallest absolute Gasteiger partial charge is 0.298 e. The quantitative estimate of drug-likeness (QED) is 0.486. The zero-order valence-electron chi connectivity index (χ0n) is 20.5. The first-order valence-electron chi connectivity index (χ1n) is 11.8. The lowest BCUT2D eigenvalue weighted by atomic mass is 9.90. The van der Waals surface area contributed by atoms with Gasteiger partial charge in [-0.2, -0.15) is 13.9 Å². The van der Waals surface area contributed by atoms with E-state index < -0.39 is 30.0 Å².